The highest BCUT2D eigenvalue weighted by atomic mass is 15.2. The molecule has 1 fully saturated rings. The van der Waals surface area contributed by atoms with Crippen LogP contribution in [0.2, 0.25) is 0 Å². The molecule has 0 radical (unpaired) electrons. The van der Waals surface area contributed by atoms with Crippen molar-refractivity contribution < 1.29 is 0 Å². The van der Waals surface area contributed by atoms with Gasteiger partial charge in [0.15, 0.2) is 0 Å². The van der Waals surface area contributed by atoms with Crippen LogP contribution in [0.3, 0.4) is 0 Å². The summed E-state index contributed by atoms with van der Waals surface area (Å²) in [5.74, 6) is 9.82. The van der Waals surface area contributed by atoms with Crippen LogP contribution >= 0.6 is 0 Å². The van der Waals surface area contributed by atoms with Crippen LogP contribution in [-0.2, 0) is 0 Å². The van der Waals surface area contributed by atoms with E-state index < -0.39 is 0 Å². The predicted molar refractivity (Wildman–Crippen MR) is 60.3 cm³/mol. The third kappa shape index (κ3) is 3.01. The number of rotatable bonds is 4. The molecule has 1 rings (SSSR count). The van der Waals surface area contributed by atoms with Gasteiger partial charge in [0.05, 0.1) is 0 Å². The molecule has 3 unspecified atom stereocenters. The molecule has 0 spiro atoms. The van der Waals surface area contributed by atoms with E-state index in [0.717, 1.165) is 12.3 Å². The quantitative estimate of drug-likeness (QED) is 0.408. The molecule has 0 amide bonds. The molecule has 0 aromatic heterocycles. The van der Waals surface area contributed by atoms with Gasteiger partial charge in [-0.05, 0) is 24.7 Å². The van der Waals surface area contributed by atoms with Gasteiger partial charge in [0, 0.05) is 12.5 Å². The fourth-order valence-corrected chi connectivity index (χ4v) is 2.56. The Morgan fingerprint density at radius 2 is 2.36 bits per heavy atom. The molecule has 0 aromatic carbocycles. The second-order valence-electron chi connectivity index (χ2n) is 4.38. The second kappa shape index (κ2) is 6.06. The fraction of sp³-hybridized carbons (Fsp3) is 0.833. The molecule has 3 N–H and O–H groups in total. The Bertz CT molecular complexity index is 195. The number of nitrogens with two attached hydrogens (primary N) is 1. The van der Waals surface area contributed by atoms with E-state index in [4.69, 9.17) is 12.3 Å². The molecule has 1 aliphatic carbocycles. The van der Waals surface area contributed by atoms with E-state index >= 15 is 0 Å². The Morgan fingerprint density at radius 1 is 1.57 bits per heavy atom. The van der Waals surface area contributed by atoms with Crippen molar-refractivity contribution in [2.24, 2.45) is 17.7 Å². The van der Waals surface area contributed by atoms with Crippen molar-refractivity contribution in [3.63, 3.8) is 0 Å². The van der Waals surface area contributed by atoms with Gasteiger partial charge >= 0.3 is 0 Å². The molecule has 0 bridgehead atoms. The maximum atomic E-state index is 5.53. The summed E-state index contributed by atoms with van der Waals surface area (Å²) >= 11 is 0. The van der Waals surface area contributed by atoms with Crippen molar-refractivity contribution in [2.75, 3.05) is 0 Å². The summed E-state index contributed by atoms with van der Waals surface area (Å²) in [6.45, 7) is 2.28. The molecule has 80 valence electrons. The van der Waals surface area contributed by atoms with E-state index in [1.807, 2.05) is 0 Å². The number of nitrogens with one attached hydrogen (secondary N) is 1. The van der Waals surface area contributed by atoms with Gasteiger partial charge in [-0.15, -0.1) is 12.3 Å². The van der Waals surface area contributed by atoms with Crippen molar-refractivity contribution in [1.29, 1.82) is 0 Å². The first kappa shape index (κ1) is 11.6. The average molecular weight is 194 g/mol. The van der Waals surface area contributed by atoms with E-state index in [1.165, 1.54) is 32.1 Å². The third-order valence-corrected chi connectivity index (χ3v) is 3.52. The van der Waals surface area contributed by atoms with Crippen LogP contribution in [0.4, 0.5) is 0 Å². The van der Waals surface area contributed by atoms with Crippen LogP contribution in [0.15, 0.2) is 0 Å². The molecule has 0 heterocycles. The van der Waals surface area contributed by atoms with Crippen molar-refractivity contribution >= 4 is 0 Å². The van der Waals surface area contributed by atoms with Gasteiger partial charge < -0.3 is 0 Å². The molecule has 1 aliphatic rings. The van der Waals surface area contributed by atoms with Crippen molar-refractivity contribution in [3.8, 4) is 12.3 Å². The van der Waals surface area contributed by atoms with Gasteiger partial charge in [-0.1, -0.05) is 26.2 Å². The molecule has 3 atom stereocenters. The Balaban J connectivity index is 2.45. The predicted octanol–water partition coefficient (Wildman–Crippen LogP) is 2.06. The zero-order valence-electron chi connectivity index (χ0n) is 9.13. The smallest absolute Gasteiger partial charge is 0.0348 e. The van der Waals surface area contributed by atoms with E-state index in [2.05, 4.69) is 18.3 Å². The first-order chi connectivity index (χ1) is 6.81. The summed E-state index contributed by atoms with van der Waals surface area (Å²) < 4.78 is 0. The highest BCUT2D eigenvalue weighted by Crippen LogP contribution is 2.33. The second-order valence-corrected chi connectivity index (χ2v) is 4.38. The minimum Gasteiger partial charge on any atom is -0.271 e. The number of terminal acetylenes is 1. The monoisotopic (exact) mass is 194 g/mol. The molecule has 2 nitrogen and oxygen atoms in total. The van der Waals surface area contributed by atoms with Crippen LogP contribution in [0.5, 0.6) is 0 Å². The first-order valence-electron chi connectivity index (χ1n) is 5.71. The topological polar surface area (TPSA) is 38.0 Å². The first-order valence-corrected chi connectivity index (χ1v) is 5.71. The fourth-order valence-electron chi connectivity index (χ4n) is 2.56. The molecule has 2 heteroatoms. The van der Waals surface area contributed by atoms with Crippen molar-refractivity contribution in [3.05, 3.63) is 0 Å². The summed E-state index contributed by atoms with van der Waals surface area (Å²) in [6.07, 6.45) is 12.7. The summed E-state index contributed by atoms with van der Waals surface area (Å²) in [6, 6.07) is 0.328. The van der Waals surface area contributed by atoms with Crippen LogP contribution in [-0.4, -0.2) is 6.04 Å². The van der Waals surface area contributed by atoms with Gasteiger partial charge in [-0.2, -0.15) is 0 Å². The maximum absolute atomic E-state index is 5.53. The Labute approximate surface area is 87.6 Å². The van der Waals surface area contributed by atoms with Crippen LogP contribution in [0.1, 0.15) is 45.4 Å². The standard InChI is InChI=1S/C12H22N2/c1-3-6-12(14-13)11-8-5-7-10(4-2)9-11/h1,10-12,14H,4-9,13H2,2H3. The molecular weight excluding hydrogens is 172 g/mol. The van der Waals surface area contributed by atoms with E-state index in [9.17, 15) is 0 Å². The summed E-state index contributed by atoms with van der Waals surface area (Å²) in [4.78, 5) is 0. The van der Waals surface area contributed by atoms with E-state index in [0.29, 0.717) is 12.0 Å². The van der Waals surface area contributed by atoms with Gasteiger partial charge in [0.25, 0.3) is 0 Å². The summed E-state index contributed by atoms with van der Waals surface area (Å²) in [5, 5.41) is 0. The zero-order valence-corrected chi connectivity index (χ0v) is 9.13. The Kier molecular flexibility index (Phi) is 5.00. The maximum Gasteiger partial charge on any atom is 0.0348 e. The largest absolute Gasteiger partial charge is 0.271 e. The number of hydrazine groups is 1. The lowest BCUT2D eigenvalue weighted by Gasteiger charge is -2.33. The van der Waals surface area contributed by atoms with Gasteiger partial charge in [0.2, 0.25) is 0 Å². The zero-order chi connectivity index (χ0) is 10.4. The Morgan fingerprint density at radius 3 is 2.93 bits per heavy atom. The molecular formula is C12H22N2. The van der Waals surface area contributed by atoms with Crippen molar-refractivity contribution in [1.82, 2.24) is 5.43 Å². The SMILES string of the molecule is C#CCC(NN)C1CCCC(CC)C1. The van der Waals surface area contributed by atoms with Gasteiger partial charge in [-0.25, -0.2) is 0 Å². The van der Waals surface area contributed by atoms with E-state index in [1.54, 1.807) is 0 Å². The number of hydrogen-bond acceptors (Lipinski definition) is 2. The van der Waals surface area contributed by atoms with Crippen LogP contribution < -0.4 is 11.3 Å². The average Bonchev–Trinajstić information content (AvgIpc) is 2.26. The van der Waals surface area contributed by atoms with Crippen molar-refractivity contribution in [2.45, 2.75) is 51.5 Å². The lowest BCUT2D eigenvalue weighted by molar-refractivity contribution is 0.210. The van der Waals surface area contributed by atoms with Crippen LogP contribution in [0, 0.1) is 24.2 Å². The third-order valence-electron chi connectivity index (χ3n) is 3.52. The molecule has 0 saturated heterocycles. The minimum atomic E-state index is 0.328. The Hall–Kier alpha value is -0.520. The lowest BCUT2D eigenvalue weighted by atomic mass is 9.76. The summed E-state index contributed by atoms with van der Waals surface area (Å²) in [7, 11) is 0. The van der Waals surface area contributed by atoms with Gasteiger partial charge in [-0.3, -0.25) is 11.3 Å². The minimum absolute atomic E-state index is 0.328. The lowest BCUT2D eigenvalue weighted by Crippen LogP contribution is -2.42. The molecule has 0 aliphatic heterocycles. The van der Waals surface area contributed by atoms with Crippen LogP contribution in [0.25, 0.3) is 0 Å². The molecule has 0 aromatic rings. The summed E-state index contributed by atoms with van der Waals surface area (Å²) in [5.41, 5.74) is 2.87. The molecule has 14 heavy (non-hydrogen) atoms. The van der Waals surface area contributed by atoms with Gasteiger partial charge in [0.1, 0.15) is 0 Å². The van der Waals surface area contributed by atoms with E-state index in [-0.39, 0.29) is 0 Å². The highest BCUT2D eigenvalue weighted by Gasteiger charge is 2.26. The highest BCUT2D eigenvalue weighted by molar-refractivity contribution is 4.93. The normalized spacial score (nSPS) is 29.5. The molecule has 1 saturated carbocycles. The number of hydrogen-bond donors (Lipinski definition) is 2.